The third kappa shape index (κ3) is 4.09. The maximum atomic E-state index is 12.6. The van der Waals surface area contributed by atoms with E-state index in [1.807, 2.05) is 19.5 Å². The van der Waals surface area contributed by atoms with Crippen molar-refractivity contribution < 1.29 is 9.59 Å². The third-order valence-corrected chi connectivity index (χ3v) is 5.60. The van der Waals surface area contributed by atoms with Crippen LogP contribution < -0.4 is 10.2 Å². The van der Waals surface area contributed by atoms with Gasteiger partial charge in [0.05, 0.1) is 16.8 Å². The Kier molecular flexibility index (Phi) is 5.96. The molecular weight excluding hydrogens is 370 g/mol. The zero-order valence-corrected chi connectivity index (χ0v) is 16.4. The van der Waals surface area contributed by atoms with Crippen molar-refractivity contribution in [1.29, 1.82) is 0 Å². The van der Waals surface area contributed by atoms with Gasteiger partial charge in [-0.1, -0.05) is 11.6 Å². The highest BCUT2D eigenvalue weighted by Crippen LogP contribution is 2.30. The van der Waals surface area contributed by atoms with E-state index in [9.17, 15) is 9.59 Å². The van der Waals surface area contributed by atoms with Gasteiger partial charge >= 0.3 is 0 Å². The van der Waals surface area contributed by atoms with Gasteiger partial charge in [0.25, 0.3) is 5.91 Å². The number of thiophene rings is 1. The zero-order valence-electron chi connectivity index (χ0n) is 14.9. The average molecular weight is 392 g/mol. The number of amides is 2. The lowest BCUT2D eigenvalue weighted by atomic mass is 10.1. The number of hydrogen-bond donors (Lipinski definition) is 1. The predicted octanol–water partition coefficient (Wildman–Crippen LogP) is 3.56. The first-order valence-electron chi connectivity index (χ1n) is 8.54. The number of hydrogen-bond acceptors (Lipinski definition) is 4. The molecule has 1 saturated heterocycles. The zero-order chi connectivity index (χ0) is 18.7. The summed E-state index contributed by atoms with van der Waals surface area (Å²) in [6.45, 7) is 1.15. The lowest BCUT2D eigenvalue weighted by Gasteiger charge is -2.24. The van der Waals surface area contributed by atoms with Gasteiger partial charge in [0.1, 0.15) is 0 Å². The number of anilines is 1. The summed E-state index contributed by atoms with van der Waals surface area (Å²) in [7, 11) is 3.99. The van der Waals surface area contributed by atoms with E-state index in [1.54, 1.807) is 34.4 Å². The molecule has 2 heterocycles. The Morgan fingerprint density at radius 3 is 2.81 bits per heavy atom. The van der Waals surface area contributed by atoms with E-state index in [-0.39, 0.29) is 17.9 Å². The van der Waals surface area contributed by atoms with Crippen LogP contribution in [0, 0.1) is 0 Å². The molecule has 5 nitrogen and oxygen atoms in total. The number of nitrogens with one attached hydrogen (secondary N) is 1. The number of likely N-dealkylation sites (N-methyl/N-ethyl adjacent to an activating group) is 1. The molecule has 0 radical (unpaired) electrons. The molecule has 1 aromatic heterocycles. The fourth-order valence-corrected chi connectivity index (χ4v) is 4.04. The summed E-state index contributed by atoms with van der Waals surface area (Å²) in [5.74, 6) is -0.119. The Bertz CT molecular complexity index is 792. The van der Waals surface area contributed by atoms with Crippen LogP contribution >= 0.6 is 22.9 Å². The highest BCUT2D eigenvalue weighted by Gasteiger charge is 2.24. The van der Waals surface area contributed by atoms with Crippen LogP contribution in [0.5, 0.6) is 0 Å². The summed E-state index contributed by atoms with van der Waals surface area (Å²) in [5.41, 5.74) is 2.30. The highest BCUT2D eigenvalue weighted by atomic mass is 35.5. The largest absolute Gasteiger partial charge is 0.350 e. The summed E-state index contributed by atoms with van der Waals surface area (Å²) < 4.78 is 0. The second-order valence-electron chi connectivity index (χ2n) is 6.56. The lowest BCUT2D eigenvalue weighted by molar-refractivity contribution is -0.117. The minimum absolute atomic E-state index is 0.0505. The predicted molar refractivity (Wildman–Crippen MR) is 106 cm³/mol. The van der Waals surface area contributed by atoms with E-state index >= 15 is 0 Å². The molecule has 0 bridgehead atoms. The molecular formula is C19H22ClN3O2S. The van der Waals surface area contributed by atoms with Gasteiger partial charge in [-0.25, -0.2) is 0 Å². The molecule has 0 saturated carbocycles. The van der Waals surface area contributed by atoms with E-state index in [1.165, 1.54) is 5.56 Å². The van der Waals surface area contributed by atoms with Crippen LogP contribution in [-0.2, 0) is 4.79 Å². The minimum Gasteiger partial charge on any atom is -0.350 e. The van der Waals surface area contributed by atoms with E-state index in [0.717, 1.165) is 6.42 Å². The first kappa shape index (κ1) is 18.9. The van der Waals surface area contributed by atoms with Gasteiger partial charge in [-0.05, 0) is 61.1 Å². The Labute approximate surface area is 162 Å². The molecule has 7 heteroatoms. The number of carbonyl (C=O) groups excluding carboxylic acids is 2. The molecule has 2 amide bonds. The van der Waals surface area contributed by atoms with E-state index in [4.69, 9.17) is 11.6 Å². The van der Waals surface area contributed by atoms with E-state index in [0.29, 0.717) is 35.8 Å². The summed E-state index contributed by atoms with van der Waals surface area (Å²) in [4.78, 5) is 28.4. The van der Waals surface area contributed by atoms with Crippen LogP contribution in [0.2, 0.25) is 5.02 Å². The topological polar surface area (TPSA) is 52.7 Å². The molecule has 1 fully saturated rings. The van der Waals surface area contributed by atoms with Crippen LogP contribution in [-0.4, -0.2) is 43.9 Å². The number of benzene rings is 1. The van der Waals surface area contributed by atoms with Gasteiger partial charge in [0.15, 0.2) is 0 Å². The normalized spacial score (nSPS) is 15.5. The smallest absolute Gasteiger partial charge is 0.251 e. The third-order valence-electron chi connectivity index (χ3n) is 4.58. The molecule has 0 unspecified atom stereocenters. The molecule has 3 rings (SSSR count). The first-order chi connectivity index (χ1) is 12.5. The Balaban J connectivity index is 1.72. The quantitative estimate of drug-likeness (QED) is 0.819. The second-order valence-corrected chi connectivity index (χ2v) is 7.75. The molecule has 138 valence electrons. The number of halogens is 1. The van der Waals surface area contributed by atoms with Crippen molar-refractivity contribution in [3.63, 3.8) is 0 Å². The molecule has 1 aliphatic heterocycles. The Morgan fingerprint density at radius 1 is 1.38 bits per heavy atom. The average Bonchev–Trinajstić information content (AvgIpc) is 3.27. The summed E-state index contributed by atoms with van der Waals surface area (Å²) >= 11 is 7.89. The van der Waals surface area contributed by atoms with Gasteiger partial charge in [0.2, 0.25) is 5.91 Å². The van der Waals surface area contributed by atoms with Crippen LogP contribution in [0.15, 0.2) is 35.0 Å². The highest BCUT2D eigenvalue weighted by molar-refractivity contribution is 7.08. The fourth-order valence-electron chi connectivity index (χ4n) is 3.12. The van der Waals surface area contributed by atoms with Gasteiger partial charge in [-0.15, -0.1) is 0 Å². The molecule has 0 aliphatic carbocycles. The Morgan fingerprint density at radius 2 is 2.19 bits per heavy atom. The molecule has 2 aromatic rings. The molecule has 0 spiro atoms. The maximum Gasteiger partial charge on any atom is 0.251 e. The van der Waals surface area contributed by atoms with Crippen LogP contribution in [0.4, 0.5) is 5.69 Å². The maximum absolute atomic E-state index is 12.6. The van der Waals surface area contributed by atoms with Crippen molar-refractivity contribution in [1.82, 2.24) is 10.2 Å². The molecule has 1 aliphatic rings. The van der Waals surface area contributed by atoms with Gasteiger partial charge in [-0.3, -0.25) is 9.59 Å². The standard InChI is InChI=1S/C19H22ClN3O2S/c1-22(2)17(14-7-9-26-12-14)11-21-19(25)13-5-6-15(20)16(10-13)23-8-3-4-18(23)24/h5-7,9-10,12,17H,3-4,8,11H2,1-2H3,(H,21,25)/t17-/m1/s1. The van der Waals surface area contributed by atoms with E-state index < -0.39 is 0 Å². The monoisotopic (exact) mass is 391 g/mol. The fraction of sp³-hybridized carbons (Fsp3) is 0.368. The lowest BCUT2D eigenvalue weighted by Crippen LogP contribution is -2.34. The van der Waals surface area contributed by atoms with Crippen molar-refractivity contribution in [3.8, 4) is 0 Å². The van der Waals surface area contributed by atoms with E-state index in [2.05, 4.69) is 21.7 Å². The molecule has 1 N–H and O–H groups in total. The Hall–Kier alpha value is -1.89. The molecule has 1 atom stereocenters. The van der Waals surface area contributed by atoms with Gasteiger partial charge < -0.3 is 15.1 Å². The number of rotatable bonds is 6. The van der Waals surface area contributed by atoms with Crippen molar-refractivity contribution >= 4 is 40.4 Å². The minimum atomic E-state index is -0.170. The SMILES string of the molecule is CN(C)[C@H](CNC(=O)c1ccc(Cl)c(N2CCCC2=O)c1)c1ccsc1. The number of nitrogens with zero attached hydrogens (tertiary/aromatic N) is 2. The molecule has 26 heavy (non-hydrogen) atoms. The van der Waals surface area contributed by atoms with Crippen LogP contribution in [0.25, 0.3) is 0 Å². The van der Waals surface area contributed by atoms with Crippen LogP contribution in [0.1, 0.15) is 34.8 Å². The van der Waals surface area contributed by atoms with Gasteiger partial charge in [-0.2, -0.15) is 11.3 Å². The van der Waals surface area contributed by atoms with Gasteiger partial charge in [0, 0.05) is 25.1 Å². The van der Waals surface area contributed by atoms with Crippen LogP contribution in [0.3, 0.4) is 0 Å². The first-order valence-corrected chi connectivity index (χ1v) is 9.86. The summed E-state index contributed by atoms with van der Waals surface area (Å²) in [6, 6.07) is 7.25. The van der Waals surface area contributed by atoms with Crippen molar-refractivity contribution in [2.75, 3.05) is 32.1 Å². The van der Waals surface area contributed by atoms with Crippen molar-refractivity contribution in [2.24, 2.45) is 0 Å². The number of carbonyl (C=O) groups is 2. The summed E-state index contributed by atoms with van der Waals surface area (Å²) in [6.07, 6.45) is 1.34. The second kappa shape index (κ2) is 8.20. The van der Waals surface area contributed by atoms with Crippen molar-refractivity contribution in [2.45, 2.75) is 18.9 Å². The van der Waals surface area contributed by atoms with Crippen molar-refractivity contribution in [3.05, 3.63) is 51.2 Å². The molecule has 1 aromatic carbocycles. The summed E-state index contributed by atoms with van der Waals surface area (Å²) in [5, 5.41) is 7.61.